The van der Waals surface area contributed by atoms with E-state index in [0.29, 0.717) is 17.2 Å². The van der Waals surface area contributed by atoms with E-state index in [9.17, 15) is 4.39 Å². The number of methoxy groups -OCH3 is 1. The molecule has 2 nitrogen and oxygen atoms in total. The van der Waals surface area contributed by atoms with E-state index in [1.165, 1.54) is 6.07 Å². The maximum atomic E-state index is 14.0. The molecule has 0 bridgehead atoms. The molecule has 18 heavy (non-hydrogen) atoms. The molecule has 1 unspecified atom stereocenters. The molecule has 3 heteroatoms. The zero-order valence-corrected chi connectivity index (χ0v) is 11.8. The van der Waals surface area contributed by atoms with Crippen molar-refractivity contribution >= 4 is 0 Å². The van der Waals surface area contributed by atoms with E-state index in [1.807, 2.05) is 6.07 Å². The number of hydrogen-bond donors (Lipinski definition) is 1. The first-order valence-corrected chi connectivity index (χ1v) is 6.65. The average molecular weight is 253 g/mol. The minimum Gasteiger partial charge on any atom is -0.496 e. The molecule has 0 spiro atoms. The zero-order valence-electron chi connectivity index (χ0n) is 11.8. The maximum Gasteiger partial charge on any atom is 0.131 e. The number of ether oxygens (including phenoxy) is 1. The number of rotatable bonds is 7. The van der Waals surface area contributed by atoms with Gasteiger partial charge in [-0.1, -0.05) is 26.8 Å². The molecule has 0 aliphatic heterocycles. The molecule has 1 aromatic rings. The van der Waals surface area contributed by atoms with Crippen LogP contribution in [0.3, 0.4) is 0 Å². The van der Waals surface area contributed by atoms with Gasteiger partial charge in [0.15, 0.2) is 0 Å². The van der Waals surface area contributed by atoms with Gasteiger partial charge in [0.1, 0.15) is 11.6 Å². The molecule has 0 saturated carbocycles. The monoisotopic (exact) mass is 253 g/mol. The van der Waals surface area contributed by atoms with Crippen LogP contribution in [0.2, 0.25) is 0 Å². The van der Waals surface area contributed by atoms with Gasteiger partial charge in [-0.3, -0.25) is 0 Å². The van der Waals surface area contributed by atoms with Crippen molar-refractivity contribution in [3.63, 3.8) is 0 Å². The van der Waals surface area contributed by atoms with Crippen molar-refractivity contribution in [2.24, 2.45) is 5.92 Å². The van der Waals surface area contributed by atoms with Crippen molar-refractivity contribution in [3.8, 4) is 5.75 Å². The molecule has 0 heterocycles. The Kier molecular flexibility index (Phi) is 6.13. The third-order valence-corrected chi connectivity index (χ3v) is 2.93. The van der Waals surface area contributed by atoms with Gasteiger partial charge >= 0.3 is 0 Å². The first kappa shape index (κ1) is 15.0. The fraction of sp³-hybridized carbons (Fsp3) is 0.600. The van der Waals surface area contributed by atoms with Crippen molar-refractivity contribution in [3.05, 3.63) is 29.6 Å². The summed E-state index contributed by atoms with van der Waals surface area (Å²) in [4.78, 5) is 0. The lowest BCUT2D eigenvalue weighted by atomic mass is 9.95. The summed E-state index contributed by atoms with van der Waals surface area (Å²) in [7, 11) is 1.59. The van der Waals surface area contributed by atoms with Crippen LogP contribution in [0.15, 0.2) is 18.2 Å². The van der Waals surface area contributed by atoms with Gasteiger partial charge in [-0.05, 0) is 37.4 Å². The van der Waals surface area contributed by atoms with Crippen LogP contribution in [0.1, 0.15) is 45.2 Å². The van der Waals surface area contributed by atoms with Gasteiger partial charge in [0.2, 0.25) is 0 Å². The molecule has 0 saturated heterocycles. The molecule has 0 aromatic heterocycles. The second-order valence-electron chi connectivity index (χ2n) is 4.99. The molecular formula is C15H24FNO. The third kappa shape index (κ3) is 3.98. The molecule has 0 amide bonds. The molecule has 0 aliphatic carbocycles. The van der Waals surface area contributed by atoms with E-state index < -0.39 is 0 Å². The maximum absolute atomic E-state index is 14.0. The lowest BCUT2D eigenvalue weighted by molar-refractivity contribution is 0.370. The molecule has 0 aliphatic rings. The predicted molar refractivity (Wildman–Crippen MR) is 73.4 cm³/mol. The van der Waals surface area contributed by atoms with Crippen LogP contribution in [0.4, 0.5) is 4.39 Å². The minimum atomic E-state index is -0.191. The van der Waals surface area contributed by atoms with E-state index >= 15 is 0 Å². The van der Waals surface area contributed by atoms with E-state index in [0.717, 1.165) is 19.4 Å². The second-order valence-corrected chi connectivity index (χ2v) is 4.99. The topological polar surface area (TPSA) is 21.3 Å². The van der Waals surface area contributed by atoms with E-state index in [4.69, 9.17) is 4.74 Å². The highest BCUT2D eigenvalue weighted by atomic mass is 19.1. The highest BCUT2D eigenvalue weighted by Gasteiger charge is 2.20. The Morgan fingerprint density at radius 3 is 2.61 bits per heavy atom. The van der Waals surface area contributed by atoms with Crippen LogP contribution in [-0.2, 0) is 0 Å². The summed E-state index contributed by atoms with van der Waals surface area (Å²) in [5.41, 5.74) is 0.655. The summed E-state index contributed by atoms with van der Waals surface area (Å²) < 4.78 is 19.3. The van der Waals surface area contributed by atoms with Crippen LogP contribution in [0.25, 0.3) is 0 Å². The lowest BCUT2D eigenvalue weighted by Gasteiger charge is -2.23. The van der Waals surface area contributed by atoms with Gasteiger partial charge in [0.05, 0.1) is 7.11 Å². The van der Waals surface area contributed by atoms with Gasteiger partial charge in [0.25, 0.3) is 0 Å². The standard InChI is InChI=1S/C15H24FNO/c1-5-9-17-13(10-11(2)3)15-12(16)7-6-8-14(15)18-4/h6-8,11,13,17H,5,9-10H2,1-4H3. The quantitative estimate of drug-likeness (QED) is 0.795. The Bertz CT molecular complexity index is 366. The molecule has 1 atom stereocenters. The smallest absolute Gasteiger partial charge is 0.131 e. The van der Waals surface area contributed by atoms with Crippen LogP contribution in [0, 0.1) is 11.7 Å². The van der Waals surface area contributed by atoms with Gasteiger partial charge in [-0.15, -0.1) is 0 Å². The van der Waals surface area contributed by atoms with E-state index in [1.54, 1.807) is 13.2 Å². The molecule has 1 N–H and O–H groups in total. The molecule has 102 valence electrons. The highest BCUT2D eigenvalue weighted by Crippen LogP contribution is 2.31. The summed E-state index contributed by atoms with van der Waals surface area (Å²) in [6.45, 7) is 7.29. The number of halogens is 1. The Morgan fingerprint density at radius 2 is 2.06 bits per heavy atom. The van der Waals surface area contributed by atoms with Crippen LogP contribution < -0.4 is 10.1 Å². The van der Waals surface area contributed by atoms with Crippen LogP contribution in [-0.4, -0.2) is 13.7 Å². The molecular weight excluding hydrogens is 229 g/mol. The molecule has 1 aromatic carbocycles. The normalized spacial score (nSPS) is 12.8. The Balaban J connectivity index is 3.02. The van der Waals surface area contributed by atoms with Crippen molar-refractivity contribution in [1.29, 1.82) is 0 Å². The Labute approximate surface area is 110 Å². The summed E-state index contributed by atoms with van der Waals surface area (Å²) in [6.07, 6.45) is 1.93. The fourth-order valence-electron chi connectivity index (χ4n) is 2.13. The summed E-state index contributed by atoms with van der Waals surface area (Å²) in [5.74, 6) is 0.941. The zero-order chi connectivity index (χ0) is 13.5. The molecule has 1 rings (SSSR count). The molecule has 0 fully saturated rings. The number of hydrogen-bond acceptors (Lipinski definition) is 2. The first-order chi connectivity index (χ1) is 8.60. The average Bonchev–Trinajstić information content (AvgIpc) is 2.34. The lowest BCUT2D eigenvalue weighted by Crippen LogP contribution is -2.25. The second kappa shape index (κ2) is 7.37. The predicted octanol–water partition coefficient (Wildman–Crippen LogP) is 3.92. The highest BCUT2D eigenvalue weighted by molar-refractivity contribution is 5.37. The van der Waals surface area contributed by atoms with Crippen molar-refractivity contribution in [2.75, 3.05) is 13.7 Å². The van der Waals surface area contributed by atoms with Gasteiger partial charge in [0, 0.05) is 11.6 Å². The summed E-state index contributed by atoms with van der Waals surface area (Å²) in [5, 5.41) is 3.41. The van der Waals surface area contributed by atoms with Crippen molar-refractivity contribution < 1.29 is 9.13 Å². The first-order valence-electron chi connectivity index (χ1n) is 6.65. The Hall–Kier alpha value is -1.09. The Morgan fingerprint density at radius 1 is 1.33 bits per heavy atom. The number of benzene rings is 1. The molecule has 0 radical (unpaired) electrons. The fourth-order valence-corrected chi connectivity index (χ4v) is 2.13. The van der Waals surface area contributed by atoms with Crippen LogP contribution >= 0.6 is 0 Å². The van der Waals surface area contributed by atoms with Crippen molar-refractivity contribution in [2.45, 2.75) is 39.7 Å². The third-order valence-electron chi connectivity index (χ3n) is 2.93. The van der Waals surface area contributed by atoms with E-state index in [2.05, 4.69) is 26.1 Å². The minimum absolute atomic E-state index is 0.0149. The largest absolute Gasteiger partial charge is 0.496 e. The summed E-state index contributed by atoms with van der Waals surface area (Å²) in [6, 6.07) is 5.02. The van der Waals surface area contributed by atoms with Crippen molar-refractivity contribution in [1.82, 2.24) is 5.32 Å². The summed E-state index contributed by atoms with van der Waals surface area (Å²) >= 11 is 0. The van der Waals surface area contributed by atoms with E-state index in [-0.39, 0.29) is 11.9 Å². The van der Waals surface area contributed by atoms with Gasteiger partial charge < -0.3 is 10.1 Å². The SMILES string of the molecule is CCCNC(CC(C)C)c1c(F)cccc1OC. The van der Waals surface area contributed by atoms with Crippen LogP contribution in [0.5, 0.6) is 5.75 Å². The van der Waals surface area contributed by atoms with Gasteiger partial charge in [-0.25, -0.2) is 4.39 Å². The van der Waals surface area contributed by atoms with Gasteiger partial charge in [-0.2, -0.15) is 0 Å². The number of nitrogens with one attached hydrogen (secondary N) is 1.